The van der Waals surface area contributed by atoms with Crippen LogP contribution in [0.25, 0.3) is 0 Å². The highest BCUT2D eigenvalue weighted by Gasteiger charge is 2.26. The molecule has 1 amide bonds. The average Bonchev–Trinajstić information content (AvgIpc) is 2.29. The fourth-order valence-electron chi connectivity index (χ4n) is 2.22. The van der Waals surface area contributed by atoms with Gasteiger partial charge in [-0.3, -0.25) is 4.79 Å². The lowest BCUT2D eigenvalue weighted by atomic mass is 9.90. The van der Waals surface area contributed by atoms with E-state index >= 15 is 0 Å². The zero-order valence-electron chi connectivity index (χ0n) is 10.5. The Morgan fingerprint density at radius 3 is 3.06 bits per heavy atom. The van der Waals surface area contributed by atoms with Crippen molar-refractivity contribution in [2.24, 2.45) is 5.92 Å². The maximum atomic E-state index is 11.9. The number of carbonyl (C=O) groups excluding carboxylic acids is 1. The van der Waals surface area contributed by atoms with Crippen LogP contribution in [-0.2, 0) is 4.79 Å². The van der Waals surface area contributed by atoms with E-state index in [9.17, 15) is 4.79 Å². The Morgan fingerprint density at radius 1 is 1.69 bits per heavy atom. The van der Waals surface area contributed by atoms with Gasteiger partial charge < -0.3 is 10.6 Å². The van der Waals surface area contributed by atoms with E-state index in [0.29, 0.717) is 5.92 Å². The van der Waals surface area contributed by atoms with Crippen molar-refractivity contribution < 1.29 is 4.79 Å². The highest BCUT2D eigenvalue weighted by Crippen LogP contribution is 2.19. The molecule has 0 radical (unpaired) electrons. The van der Waals surface area contributed by atoms with Gasteiger partial charge in [-0.1, -0.05) is 19.4 Å². The topological polar surface area (TPSA) is 41.1 Å². The second-order valence-electron chi connectivity index (χ2n) is 4.74. The first-order valence-electron chi connectivity index (χ1n) is 6.32. The molecule has 3 nitrogen and oxygen atoms in total. The van der Waals surface area contributed by atoms with Crippen LogP contribution in [0.5, 0.6) is 0 Å². The summed E-state index contributed by atoms with van der Waals surface area (Å²) in [5.41, 5.74) is 0. The van der Waals surface area contributed by atoms with E-state index in [0.717, 1.165) is 19.4 Å². The third-order valence-electron chi connectivity index (χ3n) is 3.32. The van der Waals surface area contributed by atoms with Crippen LogP contribution in [0.4, 0.5) is 0 Å². The molecule has 1 aliphatic heterocycles. The van der Waals surface area contributed by atoms with E-state index in [2.05, 4.69) is 24.1 Å². The number of amides is 1. The summed E-state index contributed by atoms with van der Waals surface area (Å²) >= 11 is 0. The number of hydrogen-bond donors (Lipinski definition) is 2. The largest absolute Gasteiger partial charge is 0.352 e. The molecule has 0 saturated carbocycles. The normalized spacial score (nSPS) is 27.1. The molecule has 3 heteroatoms. The number of rotatable bonds is 5. The van der Waals surface area contributed by atoms with Crippen molar-refractivity contribution in [2.75, 3.05) is 6.54 Å². The molecule has 0 spiro atoms. The monoisotopic (exact) mass is 224 g/mol. The zero-order chi connectivity index (χ0) is 12.0. The van der Waals surface area contributed by atoms with Gasteiger partial charge in [0.1, 0.15) is 0 Å². The molecule has 2 N–H and O–H groups in total. The van der Waals surface area contributed by atoms with Crippen molar-refractivity contribution in [3.63, 3.8) is 0 Å². The molecule has 0 bridgehead atoms. The van der Waals surface area contributed by atoms with E-state index in [4.69, 9.17) is 0 Å². The molecule has 1 aliphatic rings. The standard InChI is InChI=1S/C13H24N2O/c1-4-6-10(3)15-13(16)12-9-11(5-2)7-8-14-12/h4,10-12,14H,1,5-9H2,2-3H3,(H,15,16). The Labute approximate surface area is 98.7 Å². The fraction of sp³-hybridized carbons (Fsp3) is 0.769. The summed E-state index contributed by atoms with van der Waals surface area (Å²) in [6.07, 6.45) is 6.02. The van der Waals surface area contributed by atoms with Crippen molar-refractivity contribution >= 4 is 5.91 Å². The van der Waals surface area contributed by atoms with Gasteiger partial charge in [0.15, 0.2) is 0 Å². The number of piperidine rings is 1. The predicted octanol–water partition coefficient (Wildman–Crippen LogP) is 1.85. The van der Waals surface area contributed by atoms with Gasteiger partial charge in [0.25, 0.3) is 0 Å². The van der Waals surface area contributed by atoms with Crippen LogP contribution in [0.15, 0.2) is 12.7 Å². The van der Waals surface area contributed by atoms with Gasteiger partial charge >= 0.3 is 0 Å². The molecular formula is C13H24N2O. The van der Waals surface area contributed by atoms with Crippen LogP contribution in [0.3, 0.4) is 0 Å². The molecule has 1 heterocycles. The Bertz CT molecular complexity index is 240. The minimum atomic E-state index is 0.00552. The lowest BCUT2D eigenvalue weighted by Crippen LogP contribution is -2.50. The van der Waals surface area contributed by atoms with Gasteiger partial charge in [0.05, 0.1) is 6.04 Å². The van der Waals surface area contributed by atoms with Gasteiger partial charge in [-0.2, -0.15) is 0 Å². The van der Waals surface area contributed by atoms with Crippen LogP contribution in [0.2, 0.25) is 0 Å². The molecule has 0 aromatic rings. The molecule has 0 aliphatic carbocycles. The highest BCUT2D eigenvalue weighted by atomic mass is 16.2. The molecule has 1 rings (SSSR count). The maximum Gasteiger partial charge on any atom is 0.237 e. The van der Waals surface area contributed by atoms with Crippen LogP contribution in [0, 0.1) is 5.92 Å². The maximum absolute atomic E-state index is 11.9. The highest BCUT2D eigenvalue weighted by molar-refractivity contribution is 5.82. The smallest absolute Gasteiger partial charge is 0.237 e. The van der Waals surface area contributed by atoms with Gasteiger partial charge in [-0.15, -0.1) is 6.58 Å². The van der Waals surface area contributed by atoms with E-state index in [1.54, 1.807) is 0 Å². The third-order valence-corrected chi connectivity index (χ3v) is 3.32. The lowest BCUT2D eigenvalue weighted by molar-refractivity contribution is -0.124. The fourth-order valence-corrected chi connectivity index (χ4v) is 2.22. The first-order chi connectivity index (χ1) is 7.67. The minimum absolute atomic E-state index is 0.00552. The first kappa shape index (κ1) is 13.2. The molecule has 0 aromatic carbocycles. The lowest BCUT2D eigenvalue weighted by Gasteiger charge is -2.29. The minimum Gasteiger partial charge on any atom is -0.352 e. The van der Waals surface area contributed by atoms with E-state index < -0.39 is 0 Å². The quantitative estimate of drug-likeness (QED) is 0.700. The molecule has 1 fully saturated rings. The van der Waals surface area contributed by atoms with Gasteiger partial charge in [-0.25, -0.2) is 0 Å². The Kier molecular flexibility index (Phi) is 5.53. The Hall–Kier alpha value is -0.830. The average molecular weight is 224 g/mol. The van der Waals surface area contributed by atoms with Crippen LogP contribution in [-0.4, -0.2) is 24.5 Å². The molecule has 0 aromatic heterocycles. The summed E-state index contributed by atoms with van der Waals surface area (Å²) < 4.78 is 0. The molecule has 92 valence electrons. The van der Waals surface area contributed by atoms with Crippen LogP contribution in [0.1, 0.15) is 39.5 Å². The second-order valence-corrected chi connectivity index (χ2v) is 4.74. The molecule has 1 saturated heterocycles. The Balaban J connectivity index is 2.37. The van der Waals surface area contributed by atoms with Crippen LogP contribution < -0.4 is 10.6 Å². The summed E-state index contributed by atoms with van der Waals surface area (Å²) in [6, 6.07) is 0.194. The molecule has 3 atom stereocenters. The summed E-state index contributed by atoms with van der Waals surface area (Å²) in [4.78, 5) is 11.9. The molecular weight excluding hydrogens is 200 g/mol. The predicted molar refractivity (Wildman–Crippen MR) is 67.2 cm³/mol. The second kappa shape index (κ2) is 6.69. The van der Waals surface area contributed by atoms with Crippen molar-refractivity contribution in [2.45, 2.75) is 51.6 Å². The summed E-state index contributed by atoms with van der Waals surface area (Å²) in [6.45, 7) is 8.86. The number of carbonyl (C=O) groups is 1. The SMILES string of the molecule is C=CCC(C)NC(=O)C1CC(CC)CCN1. The zero-order valence-corrected chi connectivity index (χ0v) is 10.5. The Morgan fingerprint density at radius 2 is 2.44 bits per heavy atom. The number of hydrogen-bond acceptors (Lipinski definition) is 2. The summed E-state index contributed by atoms with van der Waals surface area (Å²) in [5.74, 6) is 0.846. The molecule has 16 heavy (non-hydrogen) atoms. The first-order valence-corrected chi connectivity index (χ1v) is 6.32. The van der Waals surface area contributed by atoms with Gasteiger partial charge in [0.2, 0.25) is 5.91 Å². The summed E-state index contributed by atoms with van der Waals surface area (Å²) in [7, 11) is 0. The third kappa shape index (κ3) is 3.97. The van der Waals surface area contributed by atoms with Gasteiger partial charge in [0, 0.05) is 6.04 Å². The summed E-state index contributed by atoms with van der Waals surface area (Å²) in [5, 5.41) is 6.32. The van der Waals surface area contributed by atoms with Crippen molar-refractivity contribution in [1.82, 2.24) is 10.6 Å². The van der Waals surface area contributed by atoms with Gasteiger partial charge in [-0.05, 0) is 38.6 Å². The van der Waals surface area contributed by atoms with E-state index in [1.165, 1.54) is 12.8 Å². The number of nitrogens with one attached hydrogen (secondary N) is 2. The van der Waals surface area contributed by atoms with Crippen molar-refractivity contribution in [1.29, 1.82) is 0 Å². The molecule has 3 unspecified atom stereocenters. The van der Waals surface area contributed by atoms with E-state index in [-0.39, 0.29) is 18.0 Å². The van der Waals surface area contributed by atoms with Crippen LogP contribution >= 0.6 is 0 Å². The van der Waals surface area contributed by atoms with Crippen molar-refractivity contribution in [3.05, 3.63) is 12.7 Å². The van der Waals surface area contributed by atoms with E-state index in [1.807, 2.05) is 13.0 Å². The van der Waals surface area contributed by atoms with Crippen molar-refractivity contribution in [3.8, 4) is 0 Å².